The summed E-state index contributed by atoms with van der Waals surface area (Å²) >= 11 is 0. The van der Waals surface area contributed by atoms with E-state index in [1.165, 1.54) is 0 Å². The molecule has 0 aliphatic heterocycles. The van der Waals surface area contributed by atoms with E-state index in [0.717, 1.165) is 38.5 Å². The van der Waals surface area contributed by atoms with Crippen molar-refractivity contribution in [1.82, 2.24) is 0 Å². The second-order valence-corrected chi connectivity index (χ2v) is 7.65. The molecule has 0 aromatic carbocycles. The van der Waals surface area contributed by atoms with Gasteiger partial charge in [-0.1, -0.05) is 70.8 Å². The molecule has 2 unspecified atom stereocenters. The molecule has 1 aliphatic carbocycles. The zero-order valence-electron chi connectivity index (χ0n) is 16.5. The topological polar surface area (TPSA) is 74.6 Å². The fraction of sp³-hybridized carbons (Fsp3) is 0.727. The molecular formula is C22H36O4. The molecule has 0 radical (unpaired) electrons. The van der Waals surface area contributed by atoms with E-state index in [4.69, 9.17) is 0 Å². The normalized spacial score (nSPS) is 23.9. The molecule has 2 N–H and O–H groups in total. The number of rotatable bonds is 13. The van der Waals surface area contributed by atoms with Crippen LogP contribution in [0.15, 0.2) is 24.8 Å². The highest BCUT2D eigenvalue weighted by atomic mass is 16.4. The van der Waals surface area contributed by atoms with Crippen molar-refractivity contribution in [3.8, 4) is 0 Å². The first-order valence-corrected chi connectivity index (χ1v) is 10.2. The van der Waals surface area contributed by atoms with E-state index in [-0.39, 0.29) is 11.7 Å². The molecule has 1 saturated carbocycles. The Labute approximate surface area is 158 Å². The maximum atomic E-state index is 12.4. The van der Waals surface area contributed by atoms with Crippen LogP contribution in [-0.4, -0.2) is 27.6 Å². The Morgan fingerprint density at radius 1 is 1.27 bits per heavy atom. The zero-order chi connectivity index (χ0) is 19.6. The van der Waals surface area contributed by atoms with Gasteiger partial charge in [-0.05, 0) is 31.6 Å². The lowest BCUT2D eigenvalue weighted by Gasteiger charge is -2.25. The fourth-order valence-electron chi connectivity index (χ4n) is 3.91. The SMILES string of the molecule is C=CC(O)(C=C[C@H]1CCC(=O)[C@H]1C(CCCCC)C(=O)O)CCCCC. The van der Waals surface area contributed by atoms with Crippen LogP contribution >= 0.6 is 0 Å². The standard InChI is InChI=1S/C22H36O4/c1-4-7-9-11-18(21(24)25)20-17(12-13-19(20)23)14-16-22(26,6-3)15-10-8-5-2/h6,14,16-18,20,26H,3-5,7-13,15H2,1-2H3,(H,24,25)/t17-,18?,20-,22?/m1/s1. The van der Waals surface area contributed by atoms with Crippen molar-refractivity contribution in [2.45, 2.75) is 83.7 Å². The van der Waals surface area contributed by atoms with E-state index in [1.54, 1.807) is 12.2 Å². The minimum absolute atomic E-state index is 0.0525. The number of aliphatic carboxylic acids is 1. The van der Waals surface area contributed by atoms with Crippen LogP contribution in [0.25, 0.3) is 0 Å². The van der Waals surface area contributed by atoms with Gasteiger partial charge >= 0.3 is 5.97 Å². The summed E-state index contributed by atoms with van der Waals surface area (Å²) < 4.78 is 0. The Balaban J connectivity index is 2.86. The molecule has 1 aliphatic rings. The smallest absolute Gasteiger partial charge is 0.307 e. The minimum atomic E-state index is -1.08. The molecule has 0 heterocycles. The first-order chi connectivity index (χ1) is 12.4. The summed E-state index contributed by atoms with van der Waals surface area (Å²) in [6.07, 6.45) is 13.3. The number of carbonyl (C=O) groups excluding carboxylic acids is 1. The number of carbonyl (C=O) groups is 2. The molecule has 4 atom stereocenters. The quantitative estimate of drug-likeness (QED) is 0.359. The van der Waals surface area contributed by atoms with Crippen molar-refractivity contribution in [3.05, 3.63) is 24.8 Å². The Morgan fingerprint density at radius 3 is 2.50 bits per heavy atom. The van der Waals surface area contributed by atoms with E-state index in [1.807, 2.05) is 6.08 Å². The molecule has 0 spiro atoms. The third-order valence-electron chi connectivity index (χ3n) is 5.59. The van der Waals surface area contributed by atoms with Crippen LogP contribution in [0.4, 0.5) is 0 Å². The summed E-state index contributed by atoms with van der Waals surface area (Å²) in [6, 6.07) is 0. The van der Waals surface area contributed by atoms with Gasteiger partial charge in [0.25, 0.3) is 0 Å². The molecule has 1 rings (SSSR count). The summed E-state index contributed by atoms with van der Waals surface area (Å²) in [5.41, 5.74) is -1.08. The average molecular weight is 365 g/mol. The van der Waals surface area contributed by atoms with Crippen LogP contribution in [-0.2, 0) is 9.59 Å². The summed E-state index contributed by atoms with van der Waals surface area (Å²) in [5.74, 6) is -2.02. The second kappa shape index (κ2) is 11.3. The average Bonchev–Trinajstić information content (AvgIpc) is 2.97. The minimum Gasteiger partial charge on any atom is -0.481 e. The van der Waals surface area contributed by atoms with Crippen molar-refractivity contribution in [2.75, 3.05) is 0 Å². The van der Waals surface area contributed by atoms with E-state index in [2.05, 4.69) is 20.4 Å². The van der Waals surface area contributed by atoms with Crippen molar-refractivity contribution < 1.29 is 19.8 Å². The lowest BCUT2D eigenvalue weighted by molar-refractivity contribution is -0.147. The van der Waals surface area contributed by atoms with Gasteiger partial charge in [0.15, 0.2) is 0 Å². The largest absolute Gasteiger partial charge is 0.481 e. The van der Waals surface area contributed by atoms with Crippen LogP contribution in [0.1, 0.15) is 78.1 Å². The lowest BCUT2D eigenvalue weighted by Crippen LogP contribution is -2.31. The molecule has 4 nitrogen and oxygen atoms in total. The molecule has 0 saturated heterocycles. The zero-order valence-corrected chi connectivity index (χ0v) is 16.5. The number of hydrogen-bond donors (Lipinski definition) is 2. The highest BCUT2D eigenvalue weighted by Crippen LogP contribution is 2.38. The summed E-state index contributed by atoms with van der Waals surface area (Å²) in [7, 11) is 0. The number of carboxylic acid groups (broad SMARTS) is 1. The molecule has 0 aromatic rings. The first kappa shape index (κ1) is 22.6. The van der Waals surface area contributed by atoms with E-state index in [0.29, 0.717) is 25.7 Å². The molecule has 0 aromatic heterocycles. The van der Waals surface area contributed by atoms with Gasteiger partial charge in [-0.25, -0.2) is 0 Å². The Kier molecular flexibility index (Phi) is 9.85. The third-order valence-corrected chi connectivity index (χ3v) is 5.59. The van der Waals surface area contributed by atoms with Crippen molar-refractivity contribution in [2.24, 2.45) is 17.8 Å². The maximum absolute atomic E-state index is 12.4. The number of aliphatic hydroxyl groups is 1. The summed E-state index contributed by atoms with van der Waals surface area (Å²) in [4.78, 5) is 24.2. The predicted octanol–water partition coefficient (Wildman–Crippen LogP) is 4.92. The number of unbranched alkanes of at least 4 members (excludes halogenated alkanes) is 4. The number of allylic oxidation sites excluding steroid dienone is 1. The monoisotopic (exact) mass is 364 g/mol. The van der Waals surface area contributed by atoms with Crippen molar-refractivity contribution in [3.63, 3.8) is 0 Å². The van der Waals surface area contributed by atoms with Crippen LogP contribution in [0.3, 0.4) is 0 Å². The highest BCUT2D eigenvalue weighted by Gasteiger charge is 2.42. The van der Waals surface area contributed by atoms with Gasteiger partial charge in [-0.15, -0.1) is 0 Å². The Bertz CT molecular complexity index is 496. The fourth-order valence-corrected chi connectivity index (χ4v) is 3.91. The maximum Gasteiger partial charge on any atom is 0.307 e. The number of ketones is 1. The van der Waals surface area contributed by atoms with Crippen molar-refractivity contribution in [1.29, 1.82) is 0 Å². The van der Waals surface area contributed by atoms with E-state index in [9.17, 15) is 19.8 Å². The lowest BCUT2D eigenvalue weighted by atomic mass is 9.79. The van der Waals surface area contributed by atoms with E-state index >= 15 is 0 Å². The van der Waals surface area contributed by atoms with Crippen LogP contribution in [0, 0.1) is 17.8 Å². The van der Waals surface area contributed by atoms with Gasteiger partial charge in [0.1, 0.15) is 11.4 Å². The van der Waals surface area contributed by atoms with Gasteiger partial charge in [0.2, 0.25) is 0 Å². The van der Waals surface area contributed by atoms with Gasteiger partial charge in [0, 0.05) is 12.3 Å². The Morgan fingerprint density at radius 2 is 1.92 bits per heavy atom. The van der Waals surface area contributed by atoms with Crippen LogP contribution in [0.5, 0.6) is 0 Å². The molecule has 26 heavy (non-hydrogen) atoms. The van der Waals surface area contributed by atoms with Crippen LogP contribution in [0.2, 0.25) is 0 Å². The number of hydrogen-bond acceptors (Lipinski definition) is 3. The van der Waals surface area contributed by atoms with Gasteiger partial charge in [0.05, 0.1) is 5.92 Å². The third kappa shape index (κ3) is 6.71. The van der Waals surface area contributed by atoms with Gasteiger partial charge in [-0.3, -0.25) is 9.59 Å². The molecular weight excluding hydrogens is 328 g/mol. The highest BCUT2D eigenvalue weighted by molar-refractivity contribution is 5.88. The molecule has 148 valence electrons. The number of carboxylic acids is 1. The molecule has 1 fully saturated rings. The van der Waals surface area contributed by atoms with Gasteiger partial charge in [-0.2, -0.15) is 0 Å². The Hall–Kier alpha value is -1.42. The first-order valence-electron chi connectivity index (χ1n) is 10.2. The molecule has 4 heteroatoms. The summed E-state index contributed by atoms with van der Waals surface area (Å²) in [6.45, 7) is 7.93. The molecule has 0 amide bonds. The predicted molar refractivity (Wildman–Crippen MR) is 105 cm³/mol. The van der Waals surface area contributed by atoms with Crippen LogP contribution < -0.4 is 0 Å². The second-order valence-electron chi connectivity index (χ2n) is 7.65. The van der Waals surface area contributed by atoms with Crippen molar-refractivity contribution >= 4 is 11.8 Å². The summed E-state index contributed by atoms with van der Waals surface area (Å²) in [5, 5.41) is 20.3. The number of Topliss-reactive ketones (excluding diaryl/α,β-unsaturated/α-hetero) is 1. The molecule has 0 bridgehead atoms. The van der Waals surface area contributed by atoms with Gasteiger partial charge < -0.3 is 10.2 Å². The van der Waals surface area contributed by atoms with E-state index < -0.39 is 23.4 Å².